The number of hydrogen-bond donors (Lipinski definition) is 0. The van der Waals surface area contributed by atoms with Gasteiger partial charge in [0.1, 0.15) is 5.60 Å². The van der Waals surface area contributed by atoms with Gasteiger partial charge >= 0.3 is 6.09 Å². The molecule has 0 radical (unpaired) electrons. The highest BCUT2D eigenvalue weighted by Gasteiger charge is 2.27. The second-order valence-electron chi connectivity index (χ2n) is 6.88. The standard InChI is InChI=1S/C16H26N4O3/c1-12-13(11-17-18(12)5)14(21)19-7-6-8-20(10-9-19)15(22)23-16(2,3)4/h11H,6-10H2,1-5H3. The summed E-state index contributed by atoms with van der Waals surface area (Å²) < 4.78 is 7.10. The van der Waals surface area contributed by atoms with E-state index in [1.165, 1.54) is 0 Å². The lowest BCUT2D eigenvalue weighted by molar-refractivity contribution is 0.0255. The fourth-order valence-corrected chi connectivity index (χ4v) is 2.51. The Labute approximate surface area is 137 Å². The minimum Gasteiger partial charge on any atom is -0.444 e. The number of aromatic nitrogens is 2. The summed E-state index contributed by atoms with van der Waals surface area (Å²) >= 11 is 0. The van der Waals surface area contributed by atoms with Crippen molar-refractivity contribution in [3.05, 3.63) is 17.5 Å². The third-order valence-corrected chi connectivity index (χ3v) is 3.90. The van der Waals surface area contributed by atoms with Crippen LogP contribution in [0.2, 0.25) is 0 Å². The van der Waals surface area contributed by atoms with E-state index in [2.05, 4.69) is 5.10 Å². The SMILES string of the molecule is Cc1c(C(=O)N2CCCN(C(=O)OC(C)(C)C)CC2)cnn1C. The summed E-state index contributed by atoms with van der Waals surface area (Å²) in [6.07, 6.45) is 2.03. The van der Waals surface area contributed by atoms with Gasteiger partial charge in [-0.25, -0.2) is 4.79 Å². The number of aryl methyl sites for hydroxylation is 1. The molecule has 7 nitrogen and oxygen atoms in total. The minimum atomic E-state index is -0.508. The lowest BCUT2D eigenvalue weighted by Gasteiger charge is -2.26. The summed E-state index contributed by atoms with van der Waals surface area (Å²) in [5.74, 6) is -0.0263. The molecule has 1 saturated heterocycles. The number of carbonyl (C=O) groups excluding carboxylic acids is 2. The average Bonchev–Trinajstić information content (AvgIpc) is 2.67. The zero-order chi connectivity index (χ0) is 17.2. The van der Waals surface area contributed by atoms with E-state index in [-0.39, 0.29) is 12.0 Å². The molecule has 2 amide bonds. The predicted octanol–water partition coefficient (Wildman–Crippen LogP) is 1.81. The van der Waals surface area contributed by atoms with Crippen molar-refractivity contribution in [1.29, 1.82) is 0 Å². The maximum atomic E-state index is 12.6. The Balaban J connectivity index is 2.00. The first-order valence-electron chi connectivity index (χ1n) is 7.95. The lowest BCUT2D eigenvalue weighted by atomic mass is 10.2. The van der Waals surface area contributed by atoms with Gasteiger partial charge in [0.2, 0.25) is 0 Å². The fraction of sp³-hybridized carbons (Fsp3) is 0.688. The van der Waals surface area contributed by atoms with Gasteiger partial charge in [0, 0.05) is 38.9 Å². The van der Waals surface area contributed by atoms with Crippen LogP contribution in [0.15, 0.2) is 6.20 Å². The van der Waals surface area contributed by atoms with Crippen molar-refractivity contribution in [2.45, 2.75) is 39.7 Å². The van der Waals surface area contributed by atoms with Crippen LogP contribution < -0.4 is 0 Å². The van der Waals surface area contributed by atoms with Crippen molar-refractivity contribution in [1.82, 2.24) is 19.6 Å². The maximum Gasteiger partial charge on any atom is 0.410 e. The van der Waals surface area contributed by atoms with Gasteiger partial charge in [-0.05, 0) is 34.1 Å². The first-order valence-corrected chi connectivity index (χ1v) is 7.95. The molecule has 0 unspecified atom stereocenters. The Morgan fingerprint density at radius 3 is 2.30 bits per heavy atom. The van der Waals surface area contributed by atoms with Crippen LogP contribution in [0.5, 0.6) is 0 Å². The van der Waals surface area contributed by atoms with Crippen LogP contribution in [0.1, 0.15) is 43.2 Å². The zero-order valence-corrected chi connectivity index (χ0v) is 14.6. The molecule has 2 heterocycles. The first-order chi connectivity index (χ1) is 10.7. The summed E-state index contributed by atoms with van der Waals surface area (Å²) in [5, 5.41) is 4.12. The van der Waals surface area contributed by atoms with Crippen LogP contribution in [0.25, 0.3) is 0 Å². The van der Waals surface area contributed by atoms with Crippen molar-refractivity contribution in [2.24, 2.45) is 7.05 Å². The van der Waals surface area contributed by atoms with E-state index < -0.39 is 5.60 Å². The van der Waals surface area contributed by atoms with Crippen LogP contribution >= 0.6 is 0 Å². The molecule has 0 aromatic carbocycles. The number of hydrogen-bond acceptors (Lipinski definition) is 4. The van der Waals surface area contributed by atoms with Gasteiger partial charge in [0.25, 0.3) is 5.91 Å². The number of amides is 2. The number of ether oxygens (including phenoxy) is 1. The molecule has 128 valence electrons. The van der Waals surface area contributed by atoms with Crippen LogP contribution in [0, 0.1) is 6.92 Å². The highest BCUT2D eigenvalue weighted by molar-refractivity contribution is 5.95. The highest BCUT2D eigenvalue weighted by Crippen LogP contribution is 2.15. The highest BCUT2D eigenvalue weighted by atomic mass is 16.6. The van der Waals surface area contributed by atoms with Gasteiger partial charge in [-0.15, -0.1) is 0 Å². The molecule has 0 saturated carbocycles. The maximum absolute atomic E-state index is 12.6. The summed E-state index contributed by atoms with van der Waals surface area (Å²) in [7, 11) is 1.82. The molecule has 0 spiro atoms. The van der Waals surface area contributed by atoms with Gasteiger partial charge < -0.3 is 14.5 Å². The fourth-order valence-electron chi connectivity index (χ4n) is 2.51. The van der Waals surface area contributed by atoms with E-state index in [1.54, 1.807) is 20.7 Å². The Hall–Kier alpha value is -2.05. The van der Waals surface area contributed by atoms with Gasteiger partial charge in [0.15, 0.2) is 0 Å². The topological polar surface area (TPSA) is 67.7 Å². The zero-order valence-electron chi connectivity index (χ0n) is 14.6. The molecule has 1 aliphatic rings. The monoisotopic (exact) mass is 322 g/mol. The van der Waals surface area contributed by atoms with Crippen molar-refractivity contribution >= 4 is 12.0 Å². The second kappa shape index (κ2) is 6.60. The van der Waals surface area contributed by atoms with E-state index in [0.717, 1.165) is 12.1 Å². The predicted molar refractivity (Wildman–Crippen MR) is 86.3 cm³/mol. The summed E-state index contributed by atoms with van der Waals surface area (Å²) in [4.78, 5) is 28.2. The van der Waals surface area contributed by atoms with E-state index in [1.807, 2.05) is 34.7 Å². The smallest absolute Gasteiger partial charge is 0.410 e. The van der Waals surface area contributed by atoms with Crippen molar-refractivity contribution < 1.29 is 14.3 Å². The molecular weight excluding hydrogens is 296 g/mol. The molecule has 23 heavy (non-hydrogen) atoms. The van der Waals surface area contributed by atoms with Gasteiger partial charge in [-0.3, -0.25) is 9.48 Å². The molecule has 0 bridgehead atoms. The quantitative estimate of drug-likeness (QED) is 0.791. The third kappa shape index (κ3) is 4.24. The molecule has 0 N–H and O–H groups in total. The van der Waals surface area contributed by atoms with Crippen LogP contribution in [-0.2, 0) is 11.8 Å². The van der Waals surface area contributed by atoms with E-state index in [4.69, 9.17) is 4.74 Å². The number of carbonyl (C=O) groups is 2. The van der Waals surface area contributed by atoms with Gasteiger partial charge in [-0.1, -0.05) is 0 Å². The van der Waals surface area contributed by atoms with E-state index in [0.29, 0.717) is 31.7 Å². The van der Waals surface area contributed by atoms with E-state index in [9.17, 15) is 9.59 Å². The van der Waals surface area contributed by atoms with Gasteiger partial charge in [0.05, 0.1) is 11.8 Å². The van der Waals surface area contributed by atoms with E-state index >= 15 is 0 Å². The van der Waals surface area contributed by atoms with Crippen molar-refractivity contribution in [3.8, 4) is 0 Å². The molecule has 1 aromatic heterocycles. The summed E-state index contributed by atoms with van der Waals surface area (Å²) in [5.41, 5.74) is 0.965. The molecule has 0 aliphatic carbocycles. The van der Waals surface area contributed by atoms with Gasteiger partial charge in [-0.2, -0.15) is 5.10 Å². The first kappa shape index (κ1) is 17.3. The molecule has 2 rings (SSSR count). The Kier molecular flexibility index (Phi) is 4.97. The Morgan fingerprint density at radius 2 is 1.74 bits per heavy atom. The largest absolute Gasteiger partial charge is 0.444 e. The average molecular weight is 322 g/mol. The molecule has 1 aliphatic heterocycles. The summed E-state index contributed by atoms with van der Waals surface area (Å²) in [6.45, 7) is 9.66. The Bertz CT molecular complexity index is 589. The minimum absolute atomic E-state index is 0.0263. The summed E-state index contributed by atoms with van der Waals surface area (Å²) in [6, 6.07) is 0. The normalized spacial score (nSPS) is 16.2. The van der Waals surface area contributed by atoms with Crippen LogP contribution in [0.3, 0.4) is 0 Å². The van der Waals surface area contributed by atoms with Crippen LogP contribution in [-0.4, -0.2) is 63.4 Å². The lowest BCUT2D eigenvalue weighted by Crippen LogP contribution is -2.40. The number of rotatable bonds is 1. The number of nitrogens with zero attached hydrogens (tertiary/aromatic N) is 4. The molecule has 7 heteroatoms. The molecular formula is C16H26N4O3. The van der Waals surface area contributed by atoms with Crippen LogP contribution in [0.4, 0.5) is 4.79 Å². The Morgan fingerprint density at radius 1 is 1.13 bits per heavy atom. The molecule has 0 atom stereocenters. The molecule has 1 aromatic rings. The third-order valence-electron chi connectivity index (χ3n) is 3.90. The molecule has 1 fully saturated rings. The second-order valence-corrected chi connectivity index (χ2v) is 6.88. The van der Waals surface area contributed by atoms with Crippen molar-refractivity contribution in [3.63, 3.8) is 0 Å². The van der Waals surface area contributed by atoms with Crippen molar-refractivity contribution in [2.75, 3.05) is 26.2 Å².